The summed E-state index contributed by atoms with van der Waals surface area (Å²) in [5.74, 6) is -1.83. The highest BCUT2D eigenvalue weighted by Crippen LogP contribution is 2.28. The van der Waals surface area contributed by atoms with Gasteiger partial charge in [-0.3, -0.25) is 4.79 Å². The van der Waals surface area contributed by atoms with Crippen LogP contribution in [0.4, 0.5) is 4.39 Å². The van der Waals surface area contributed by atoms with Gasteiger partial charge in [-0.15, -0.1) is 0 Å². The van der Waals surface area contributed by atoms with Crippen molar-refractivity contribution in [2.24, 2.45) is 0 Å². The molecule has 1 aliphatic rings. The number of benzene rings is 1. The summed E-state index contributed by atoms with van der Waals surface area (Å²) in [5.41, 5.74) is 0.110. The number of ether oxygens (including phenoxy) is 1. The minimum Gasteiger partial charge on any atom is -0.490 e. The largest absolute Gasteiger partial charge is 0.490 e. The summed E-state index contributed by atoms with van der Waals surface area (Å²) < 4.78 is 18.4. The summed E-state index contributed by atoms with van der Waals surface area (Å²) in [6.07, 6.45) is 3.99. The summed E-state index contributed by atoms with van der Waals surface area (Å²) in [6, 6.07) is 2.96. The highest BCUT2D eigenvalue weighted by atomic mass is 35.5. The molecular weight excluding hydrogens is 313 g/mol. The molecule has 1 atom stereocenters. The van der Waals surface area contributed by atoms with Gasteiger partial charge >= 0.3 is 5.97 Å². The van der Waals surface area contributed by atoms with E-state index in [-0.39, 0.29) is 11.7 Å². The molecule has 1 fully saturated rings. The first-order valence-electron chi connectivity index (χ1n) is 7.07. The number of nitrogens with one attached hydrogen (secondary N) is 1. The van der Waals surface area contributed by atoms with Gasteiger partial charge in [0.2, 0.25) is 0 Å². The maximum Gasteiger partial charge on any atom is 0.328 e. The molecule has 1 aromatic carbocycles. The maximum absolute atomic E-state index is 12.6. The summed E-state index contributed by atoms with van der Waals surface area (Å²) in [7, 11) is 0. The fraction of sp³-hybridized carbons (Fsp3) is 0.467. The molecule has 1 saturated carbocycles. The van der Waals surface area contributed by atoms with Gasteiger partial charge in [0.1, 0.15) is 12.4 Å². The van der Waals surface area contributed by atoms with Crippen molar-refractivity contribution in [1.29, 1.82) is 0 Å². The predicted molar refractivity (Wildman–Crippen MR) is 79.2 cm³/mol. The van der Waals surface area contributed by atoms with Crippen LogP contribution in [-0.4, -0.2) is 35.8 Å². The molecule has 1 unspecified atom stereocenters. The average molecular weight is 330 g/mol. The highest BCUT2D eigenvalue weighted by Gasteiger charge is 2.24. The Balaban J connectivity index is 2.18. The van der Waals surface area contributed by atoms with E-state index in [1.807, 2.05) is 0 Å². The molecule has 0 heterocycles. The standard InChI is InChI=1S/C15H17ClFNO4/c16-9-5-6-13(22-10-3-1-2-4-10)11(7-9)14(19)18-12(8-17)15(20)21/h5-7,10,12H,1-4,8H2,(H,18,19)(H,20,21). The monoisotopic (exact) mass is 329 g/mol. The van der Waals surface area contributed by atoms with E-state index >= 15 is 0 Å². The normalized spacial score (nSPS) is 16.3. The van der Waals surface area contributed by atoms with Crippen molar-refractivity contribution >= 4 is 23.5 Å². The molecule has 7 heteroatoms. The zero-order valence-corrected chi connectivity index (χ0v) is 12.6. The smallest absolute Gasteiger partial charge is 0.328 e. The van der Waals surface area contributed by atoms with Crippen molar-refractivity contribution in [2.45, 2.75) is 37.8 Å². The quantitative estimate of drug-likeness (QED) is 0.841. The minimum absolute atomic E-state index is 0.0316. The Hall–Kier alpha value is -1.82. The lowest BCUT2D eigenvalue weighted by Gasteiger charge is -2.17. The van der Waals surface area contributed by atoms with Crippen molar-refractivity contribution in [2.75, 3.05) is 6.67 Å². The van der Waals surface area contributed by atoms with Crippen LogP contribution in [0.2, 0.25) is 5.02 Å². The van der Waals surface area contributed by atoms with Gasteiger partial charge in [-0.1, -0.05) is 11.6 Å². The first kappa shape index (κ1) is 16.5. The first-order chi connectivity index (χ1) is 10.5. The Morgan fingerprint density at radius 2 is 2.09 bits per heavy atom. The Labute approximate surface area is 132 Å². The summed E-state index contributed by atoms with van der Waals surface area (Å²) in [5, 5.41) is 11.2. The number of hydrogen-bond donors (Lipinski definition) is 2. The Morgan fingerprint density at radius 3 is 2.68 bits per heavy atom. The second kappa shape index (κ2) is 7.45. The summed E-state index contributed by atoms with van der Waals surface area (Å²) in [4.78, 5) is 23.0. The van der Waals surface area contributed by atoms with Crippen molar-refractivity contribution in [3.8, 4) is 5.75 Å². The number of carbonyl (C=O) groups is 2. The molecular formula is C15H17ClFNO4. The maximum atomic E-state index is 12.6. The van der Waals surface area contributed by atoms with Gasteiger partial charge in [0.05, 0.1) is 11.7 Å². The van der Waals surface area contributed by atoms with E-state index in [0.29, 0.717) is 10.8 Å². The first-order valence-corrected chi connectivity index (χ1v) is 7.45. The van der Waals surface area contributed by atoms with E-state index < -0.39 is 24.6 Å². The lowest BCUT2D eigenvalue weighted by Crippen LogP contribution is -2.42. The van der Waals surface area contributed by atoms with Gasteiger partial charge in [0, 0.05) is 5.02 Å². The molecule has 0 aromatic heterocycles. The topological polar surface area (TPSA) is 75.6 Å². The number of alkyl halides is 1. The number of amides is 1. The van der Waals surface area contributed by atoms with Crippen LogP contribution in [0.25, 0.3) is 0 Å². The van der Waals surface area contributed by atoms with Crippen LogP contribution >= 0.6 is 11.6 Å². The molecule has 5 nitrogen and oxygen atoms in total. The molecule has 2 rings (SSSR count). The van der Waals surface area contributed by atoms with Gasteiger partial charge in [0.15, 0.2) is 6.04 Å². The predicted octanol–water partition coefficient (Wildman–Crippen LogP) is 2.81. The van der Waals surface area contributed by atoms with Gasteiger partial charge in [-0.25, -0.2) is 9.18 Å². The van der Waals surface area contributed by atoms with Gasteiger partial charge in [0.25, 0.3) is 5.91 Å². The minimum atomic E-state index is -1.59. The van der Waals surface area contributed by atoms with E-state index in [1.165, 1.54) is 6.07 Å². The van der Waals surface area contributed by atoms with Crippen LogP contribution in [0.15, 0.2) is 18.2 Å². The molecule has 1 aromatic rings. The van der Waals surface area contributed by atoms with Crippen LogP contribution in [0.1, 0.15) is 36.0 Å². The van der Waals surface area contributed by atoms with E-state index in [9.17, 15) is 14.0 Å². The molecule has 0 aliphatic heterocycles. The molecule has 0 spiro atoms. The van der Waals surface area contributed by atoms with Crippen LogP contribution in [0, 0.1) is 0 Å². The van der Waals surface area contributed by atoms with Gasteiger partial charge in [-0.2, -0.15) is 0 Å². The van der Waals surface area contributed by atoms with E-state index in [0.717, 1.165) is 25.7 Å². The molecule has 1 amide bonds. The molecule has 0 radical (unpaired) electrons. The molecule has 1 aliphatic carbocycles. The van der Waals surface area contributed by atoms with Crippen LogP contribution in [-0.2, 0) is 4.79 Å². The molecule has 0 bridgehead atoms. The fourth-order valence-corrected chi connectivity index (χ4v) is 2.54. The Morgan fingerprint density at radius 1 is 1.41 bits per heavy atom. The number of aliphatic carboxylic acids is 1. The van der Waals surface area contributed by atoms with E-state index in [4.69, 9.17) is 21.4 Å². The number of carbonyl (C=O) groups excluding carboxylic acids is 1. The lowest BCUT2D eigenvalue weighted by molar-refractivity contribution is -0.139. The van der Waals surface area contributed by atoms with Crippen molar-refractivity contribution < 1.29 is 23.8 Å². The van der Waals surface area contributed by atoms with Crippen LogP contribution < -0.4 is 10.1 Å². The summed E-state index contributed by atoms with van der Waals surface area (Å²) >= 11 is 5.88. The third-order valence-corrected chi connectivity index (χ3v) is 3.77. The molecule has 2 N–H and O–H groups in total. The zero-order chi connectivity index (χ0) is 16.1. The number of carboxylic acids is 1. The number of carboxylic acid groups (broad SMARTS) is 1. The zero-order valence-electron chi connectivity index (χ0n) is 11.9. The SMILES string of the molecule is O=C(NC(CF)C(=O)O)c1cc(Cl)ccc1OC1CCCC1. The molecule has 0 saturated heterocycles. The second-order valence-corrected chi connectivity index (χ2v) is 5.62. The highest BCUT2D eigenvalue weighted by molar-refractivity contribution is 6.31. The Bertz CT molecular complexity index is 560. The van der Waals surface area contributed by atoms with Gasteiger partial charge in [-0.05, 0) is 43.9 Å². The molecule has 22 heavy (non-hydrogen) atoms. The third kappa shape index (κ3) is 4.10. The average Bonchev–Trinajstić information content (AvgIpc) is 2.99. The number of rotatable bonds is 6. The number of hydrogen-bond acceptors (Lipinski definition) is 3. The lowest BCUT2D eigenvalue weighted by atomic mass is 10.1. The van der Waals surface area contributed by atoms with Crippen molar-refractivity contribution in [3.05, 3.63) is 28.8 Å². The second-order valence-electron chi connectivity index (χ2n) is 5.18. The summed E-state index contributed by atoms with van der Waals surface area (Å²) in [6.45, 7) is -1.19. The number of halogens is 2. The van der Waals surface area contributed by atoms with Gasteiger partial charge < -0.3 is 15.2 Å². The van der Waals surface area contributed by atoms with E-state index in [1.54, 1.807) is 12.1 Å². The van der Waals surface area contributed by atoms with Crippen LogP contribution in [0.3, 0.4) is 0 Å². The van der Waals surface area contributed by atoms with Crippen LogP contribution in [0.5, 0.6) is 5.75 Å². The molecule has 120 valence electrons. The fourth-order valence-electron chi connectivity index (χ4n) is 2.37. The van der Waals surface area contributed by atoms with Crippen molar-refractivity contribution in [1.82, 2.24) is 5.32 Å². The Kier molecular flexibility index (Phi) is 5.60. The van der Waals surface area contributed by atoms with E-state index in [2.05, 4.69) is 5.32 Å². The van der Waals surface area contributed by atoms with Crippen molar-refractivity contribution in [3.63, 3.8) is 0 Å². The third-order valence-electron chi connectivity index (χ3n) is 3.54.